The number of hydrogen-bond acceptors (Lipinski definition) is 6. The molecule has 0 fully saturated rings. The molecule has 0 saturated carbocycles. The fourth-order valence-electron chi connectivity index (χ4n) is 2.54. The molecule has 0 aliphatic heterocycles. The number of rotatable bonds is 5. The molecule has 1 aromatic carbocycles. The lowest BCUT2D eigenvalue weighted by Crippen LogP contribution is -2.46. The normalized spacial score (nSPS) is 11.9. The number of nitrogens with one attached hydrogen (secondary N) is 1. The van der Waals surface area contributed by atoms with Crippen LogP contribution in [-0.4, -0.2) is 41.5 Å². The molecule has 1 aromatic heterocycles. The standard InChI is InChI=1S/C20H26N4O3.ClH/c1-12-15(18(25)24-16(10-21)19(26)27-5)11-22-17(23-12)13-6-8-14(9-7-13)20(2,3)4;/h6-9,11,16H,10,21H2,1-5H3,(H,24,25);1H/t16-;/m0./s1. The summed E-state index contributed by atoms with van der Waals surface area (Å²) in [4.78, 5) is 32.7. The highest BCUT2D eigenvalue weighted by Gasteiger charge is 2.22. The van der Waals surface area contributed by atoms with E-state index < -0.39 is 17.9 Å². The summed E-state index contributed by atoms with van der Waals surface area (Å²) in [7, 11) is 1.24. The van der Waals surface area contributed by atoms with Crippen LogP contribution in [0.4, 0.5) is 0 Å². The molecule has 7 nitrogen and oxygen atoms in total. The molecule has 0 saturated heterocycles. The van der Waals surface area contributed by atoms with E-state index in [9.17, 15) is 9.59 Å². The number of carbonyl (C=O) groups excluding carboxylic acids is 2. The van der Waals surface area contributed by atoms with Crippen molar-refractivity contribution in [1.82, 2.24) is 15.3 Å². The lowest BCUT2D eigenvalue weighted by Gasteiger charge is -2.19. The van der Waals surface area contributed by atoms with Gasteiger partial charge in [-0.25, -0.2) is 14.8 Å². The summed E-state index contributed by atoms with van der Waals surface area (Å²) in [5, 5.41) is 2.54. The Morgan fingerprint density at radius 1 is 1.21 bits per heavy atom. The lowest BCUT2D eigenvalue weighted by molar-refractivity contribution is -0.142. The molecule has 3 N–H and O–H groups in total. The average Bonchev–Trinajstić information content (AvgIpc) is 2.64. The summed E-state index contributed by atoms with van der Waals surface area (Å²) in [5.74, 6) is -0.532. The molecule has 152 valence electrons. The fraction of sp³-hybridized carbons (Fsp3) is 0.400. The molecular weight excluding hydrogens is 380 g/mol. The molecule has 0 spiro atoms. The molecule has 0 bridgehead atoms. The molecule has 8 heteroatoms. The van der Waals surface area contributed by atoms with E-state index in [1.165, 1.54) is 18.9 Å². The van der Waals surface area contributed by atoms with Gasteiger partial charge in [-0.2, -0.15) is 0 Å². The molecular formula is C20H27ClN4O3. The van der Waals surface area contributed by atoms with Gasteiger partial charge in [0.1, 0.15) is 6.04 Å². The number of amides is 1. The zero-order chi connectivity index (χ0) is 20.2. The molecule has 2 rings (SSSR count). The molecule has 1 atom stereocenters. The quantitative estimate of drug-likeness (QED) is 0.738. The maximum Gasteiger partial charge on any atom is 0.329 e. The van der Waals surface area contributed by atoms with Crippen molar-refractivity contribution in [1.29, 1.82) is 0 Å². The van der Waals surface area contributed by atoms with E-state index in [4.69, 9.17) is 5.73 Å². The third-order valence-electron chi connectivity index (χ3n) is 4.26. The highest BCUT2D eigenvalue weighted by molar-refractivity contribution is 5.97. The first-order chi connectivity index (χ1) is 12.7. The number of halogens is 1. The van der Waals surface area contributed by atoms with Gasteiger partial charge in [-0.1, -0.05) is 45.0 Å². The molecule has 1 heterocycles. The van der Waals surface area contributed by atoms with Crippen LogP contribution in [0.2, 0.25) is 0 Å². The summed E-state index contributed by atoms with van der Waals surface area (Å²) < 4.78 is 4.62. The van der Waals surface area contributed by atoms with E-state index in [1.54, 1.807) is 6.92 Å². The maximum absolute atomic E-state index is 12.4. The van der Waals surface area contributed by atoms with Gasteiger partial charge in [0.25, 0.3) is 5.91 Å². The summed E-state index contributed by atoms with van der Waals surface area (Å²) in [6.07, 6.45) is 1.45. The SMILES string of the molecule is COC(=O)[C@H](CN)NC(=O)c1cnc(-c2ccc(C(C)(C)C)cc2)nc1C.Cl. The van der Waals surface area contributed by atoms with Gasteiger partial charge >= 0.3 is 5.97 Å². The van der Waals surface area contributed by atoms with Crippen LogP contribution in [-0.2, 0) is 14.9 Å². The number of esters is 1. The third kappa shape index (κ3) is 5.50. The van der Waals surface area contributed by atoms with Gasteiger partial charge < -0.3 is 15.8 Å². The Labute approximate surface area is 171 Å². The van der Waals surface area contributed by atoms with Crippen molar-refractivity contribution in [2.75, 3.05) is 13.7 Å². The second-order valence-corrected chi connectivity index (χ2v) is 7.30. The van der Waals surface area contributed by atoms with Crippen molar-refractivity contribution in [3.8, 4) is 11.4 Å². The van der Waals surface area contributed by atoms with Gasteiger partial charge in [-0.05, 0) is 17.9 Å². The average molecular weight is 407 g/mol. The Kier molecular flexibility index (Phi) is 8.08. The minimum atomic E-state index is -0.911. The topological polar surface area (TPSA) is 107 Å². The molecule has 28 heavy (non-hydrogen) atoms. The van der Waals surface area contributed by atoms with Crippen LogP contribution in [0.5, 0.6) is 0 Å². The summed E-state index contributed by atoms with van der Waals surface area (Å²) in [6.45, 7) is 8.12. The number of ether oxygens (including phenoxy) is 1. The molecule has 0 unspecified atom stereocenters. The van der Waals surface area contributed by atoms with E-state index in [0.29, 0.717) is 11.5 Å². The maximum atomic E-state index is 12.4. The number of aryl methyl sites for hydroxylation is 1. The van der Waals surface area contributed by atoms with Gasteiger partial charge in [-0.3, -0.25) is 4.79 Å². The first kappa shape index (κ1) is 23.5. The third-order valence-corrected chi connectivity index (χ3v) is 4.26. The Balaban J connectivity index is 0.00000392. The molecule has 0 aliphatic carbocycles. The van der Waals surface area contributed by atoms with Gasteiger partial charge in [-0.15, -0.1) is 12.4 Å². The van der Waals surface area contributed by atoms with E-state index in [2.05, 4.69) is 52.9 Å². The summed E-state index contributed by atoms with van der Waals surface area (Å²) in [5.41, 5.74) is 8.46. The van der Waals surface area contributed by atoms with E-state index >= 15 is 0 Å². The van der Waals surface area contributed by atoms with Crippen molar-refractivity contribution in [2.24, 2.45) is 5.73 Å². The highest BCUT2D eigenvalue weighted by Crippen LogP contribution is 2.25. The van der Waals surface area contributed by atoms with Crippen molar-refractivity contribution in [3.05, 3.63) is 47.3 Å². The van der Waals surface area contributed by atoms with Crippen molar-refractivity contribution in [3.63, 3.8) is 0 Å². The highest BCUT2D eigenvalue weighted by atomic mass is 35.5. The molecule has 1 amide bonds. The second-order valence-electron chi connectivity index (χ2n) is 7.30. The van der Waals surface area contributed by atoms with Crippen molar-refractivity contribution in [2.45, 2.75) is 39.2 Å². The Morgan fingerprint density at radius 3 is 2.29 bits per heavy atom. The van der Waals surface area contributed by atoms with Crippen LogP contribution >= 0.6 is 12.4 Å². The largest absolute Gasteiger partial charge is 0.467 e. The van der Waals surface area contributed by atoms with Crippen LogP contribution in [0.15, 0.2) is 30.5 Å². The van der Waals surface area contributed by atoms with Crippen LogP contribution in [0, 0.1) is 6.92 Å². The molecule has 0 radical (unpaired) electrons. The number of carbonyl (C=O) groups is 2. The minimum Gasteiger partial charge on any atom is -0.467 e. The first-order valence-electron chi connectivity index (χ1n) is 8.70. The lowest BCUT2D eigenvalue weighted by atomic mass is 9.87. The zero-order valence-corrected chi connectivity index (χ0v) is 17.6. The Morgan fingerprint density at radius 2 is 1.82 bits per heavy atom. The molecule has 0 aliphatic rings. The van der Waals surface area contributed by atoms with Crippen LogP contribution in [0.25, 0.3) is 11.4 Å². The molecule has 2 aromatic rings. The number of nitrogens with zero attached hydrogens (tertiary/aromatic N) is 2. The predicted octanol–water partition coefficient (Wildman–Crippen LogP) is 2.40. The number of benzene rings is 1. The van der Waals surface area contributed by atoms with Gasteiger partial charge in [0, 0.05) is 18.3 Å². The number of hydrogen-bond donors (Lipinski definition) is 2. The van der Waals surface area contributed by atoms with E-state index in [0.717, 1.165) is 5.56 Å². The van der Waals surface area contributed by atoms with Gasteiger partial charge in [0.05, 0.1) is 18.4 Å². The number of nitrogens with two attached hydrogens (primary N) is 1. The Hall–Kier alpha value is -2.51. The zero-order valence-electron chi connectivity index (χ0n) is 16.8. The smallest absolute Gasteiger partial charge is 0.329 e. The Bertz CT molecular complexity index is 832. The monoisotopic (exact) mass is 406 g/mol. The summed E-state index contributed by atoms with van der Waals surface area (Å²) >= 11 is 0. The minimum absolute atomic E-state index is 0. The predicted molar refractivity (Wildman–Crippen MR) is 110 cm³/mol. The van der Waals surface area contributed by atoms with E-state index in [1.807, 2.05) is 12.1 Å². The number of methoxy groups -OCH3 is 1. The van der Waals surface area contributed by atoms with Gasteiger partial charge in [0.2, 0.25) is 0 Å². The second kappa shape index (κ2) is 9.61. The number of aromatic nitrogens is 2. The summed E-state index contributed by atoms with van der Waals surface area (Å²) in [6, 6.07) is 7.13. The van der Waals surface area contributed by atoms with Crippen molar-refractivity contribution >= 4 is 24.3 Å². The van der Waals surface area contributed by atoms with Crippen LogP contribution in [0.3, 0.4) is 0 Å². The van der Waals surface area contributed by atoms with Gasteiger partial charge in [0.15, 0.2) is 5.82 Å². The van der Waals surface area contributed by atoms with Crippen molar-refractivity contribution < 1.29 is 14.3 Å². The van der Waals surface area contributed by atoms with Crippen LogP contribution in [0.1, 0.15) is 42.4 Å². The van der Waals surface area contributed by atoms with Crippen LogP contribution < -0.4 is 11.1 Å². The van der Waals surface area contributed by atoms with E-state index in [-0.39, 0.29) is 29.9 Å². The first-order valence-corrected chi connectivity index (χ1v) is 8.70. The fourth-order valence-corrected chi connectivity index (χ4v) is 2.54.